The third-order valence-corrected chi connectivity index (χ3v) is 2.92. The standard InChI is InChI=1S/C12H19NO3/c1-4-13(9(2)7-12(14)15)10(3)11-5-6-16-8-11/h5-6,8-10H,4,7H2,1-3H3,(H,14,15). The van der Waals surface area contributed by atoms with Gasteiger partial charge in [0.25, 0.3) is 0 Å². The van der Waals surface area contributed by atoms with Crippen LogP contribution in [-0.4, -0.2) is 28.6 Å². The molecule has 0 aliphatic rings. The minimum absolute atomic E-state index is 0.0207. The maximum absolute atomic E-state index is 10.7. The third-order valence-electron chi connectivity index (χ3n) is 2.92. The van der Waals surface area contributed by atoms with Gasteiger partial charge >= 0.3 is 5.97 Å². The van der Waals surface area contributed by atoms with Crippen LogP contribution in [0.1, 0.15) is 38.8 Å². The SMILES string of the molecule is CCN(C(C)CC(=O)O)C(C)c1ccoc1. The molecule has 1 aromatic rings. The van der Waals surface area contributed by atoms with Crippen molar-refractivity contribution in [3.63, 3.8) is 0 Å². The fourth-order valence-electron chi connectivity index (χ4n) is 2.04. The number of carboxylic acids is 1. The summed E-state index contributed by atoms with van der Waals surface area (Å²) >= 11 is 0. The number of hydrogen-bond acceptors (Lipinski definition) is 3. The molecule has 16 heavy (non-hydrogen) atoms. The molecule has 0 aliphatic carbocycles. The highest BCUT2D eigenvalue weighted by Gasteiger charge is 2.22. The molecule has 0 amide bonds. The first-order valence-electron chi connectivity index (χ1n) is 5.55. The molecule has 0 radical (unpaired) electrons. The van der Waals surface area contributed by atoms with Crippen molar-refractivity contribution >= 4 is 5.97 Å². The van der Waals surface area contributed by atoms with E-state index in [-0.39, 0.29) is 18.5 Å². The predicted octanol–water partition coefficient (Wildman–Crippen LogP) is 2.53. The zero-order valence-corrected chi connectivity index (χ0v) is 10.0. The lowest BCUT2D eigenvalue weighted by molar-refractivity contribution is -0.138. The molecule has 0 bridgehead atoms. The van der Waals surface area contributed by atoms with E-state index in [0.29, 0.717) is 0 Å². The van der Waals surface area contributed by atoms with E-state index in [0.717, 1.165) is 12.1 Å². The normalized spacial score (nSPS) is 15.0. The van der Waals surface area contributed by atoms with Gasteiger partial charge in [-0.15, -0.1) is 0 Å². The Balaban J connectivity index is 2.70. The quantitative estimate of drug-likeness (QED) is 0.808. The van der Waals surface area contributed by atoms with E-state index in [9.17, 15) is 4.79 Å². The van der Waals surface area contributed by atoms with Gasteiger partial charge < -0.3 is 9.52 Å². The second-order valence-corrected chi connectivity index (χ2v) is 4.01. The first-order valence-corrected chi connectivity index (χ1v) is 5.55. The first kappa shape index (κ1) is 12.8. The highest BCUT2D eigenvalue weighted by atomic mass is 16.4. The van der Waals surface area contributed by atoms with Crippen molar-refractivity contribution in [2.75, 3.05) is 6.54 Å². The summed E-state index contributed by atoms with van der Waals surface area (Å²) in [6, 6.07) is 2.12. The first-order chi connectivity index (χ1) is 7.56. The van der Waals surface area contributed by atoms with E-state index in [1.165, 1.54) is 0 Å². The molecule has 0 fully saturated rings. The summed E-state index contributed by atoms with van der Waals surface area (Å²) in [5.74, 6) is -0.759. The Morgan fingerprint density at radius 2 is 2.25 bits per heavy atom. The summed E-state index contributed by atoms with van der Waals surface area (Å²) in [6.45, 7) is 6.86. The van der Waals surface area contributed by atoms with E-state index in [2.05, 4.69) is 11.8 Å². The van der Waals surface area contributed by atoms with Crippen molar-refractivity contribution in [1.82, 2.24) is 4.90 Å². The highest BCUT2D eigenvalue weighted by molar-refractivity contribution is 5.67. The lowest BCUT2D eigenvalue weighted by Crippen LogP contribution is -2.36. The molecule has 1 rings (SSSR count). The van der Waals surface area contributed by atoms with Crippen LogP contribution in [-0.2, 0) is 4.79 Å². The average molecular weight is 225 g/mol. The zero-order chi connectivity index (χ0) is 12.1. The van der Waals surface area contributed by atoms with Crippen LogP contribution in [0.2, 0.25) is 0 Å². The summed E-state index contributed by atoms with van der Waals surface area (Å²) in [4.78, 5) is 12.8. The van der Waals surface area contributed by atoms with E-state index >= 15 is 0 Å². The van der Waals surface area contributed by atoms with E-state index < -0.39 is 5.97 Å². The van der Waals surface area contributed by atoms with Crippen molar-refractivity contribution in [3.8, 4) is 0 Å². The molecule has 2 unspecified atom stereocenters. The van der Waals surface area contributed by atoms with E-state index in [4.69, 9.17) is 9.52 Å². The molecular weight excluding hydrogens is 206 g/mol. The number of hydrogen-bond donors (Lipinski definition) is 1. The average Bonchev–Trinajstić information content (AvgIpc) is 2.69. The molecule has 90 valence electrons. The van der Waals surface area contributed by atoms with Gasteiger partial charge in [-0.05, 0) is 26.5 Å². The van der Waals surface area contributed by atoms with Gasteiger partial charge in [-0.25, -0.2) is 0 Å². The maximum atomic E-state index is 10.7. The molecule has 0 aromatic carbocycles. The van der Waals surface area contributed by atoms with Crippen molar-refractivity contribution in [2.24, 2.45) is 0 Å². The molecular formula is C12H19NO3. The summed E-state index contributed by atoms with van der Waals surface area (Å²) in [5.41, 5.74) is 1.08. The summed E-state index contributed by atoms with van der Waals surface area (Å²) in [7, 11) is 0. The summed E-state index contributed by atoms with van der Waals surface area (Å²) in [6.07, 6.45) is 3.51. The lowest BCUT2D eigenvalue weighted by Gasteiger charge is -2.32. The number of furan rings is 1. The third kappa shape index (κ3) is 3.10. The molecule has 0 spiro atoms. The van der Waals surface area contributed by atoms with Crippen LogP contribution in [0, 0.1) is 0 Å². The Hall–Kier alpha value is -1.29. The van der Waals surface area contributed by atoms with Gasteiger partial charge in [-0.2, -0.15) is 0 Å². The van der Waals surface area contributed by atoms with Crippen molar-refractivity contribution in [3.05, 3.63) is 24.2 Å². The van der Waals surface area contributed by atoms with Crippen LogP contribution in [0.15, 0.2) is 23.0 Å². The fourth-order valence-corrected chi connectivity index (χ4v) is 2.04. The topological polar surface area (TPSA) is 53.7 Å². The Kier molecular flexibility index (Phi) is 4.55. The maximum Gasteiger partial charge on any atom is 0.304 e. The van der Waals surface area contributed by atoms with Crippen molar-refractivity contribution in [1.29, 1.82) is 0 Å². The van der Waals surface area contributed by atoms with Gasteiger partial charge in [0.05, 0.1) is 18.9 Å². The zero-order valence-electron chi connectivity index (χ0n) is 10.0. The molecule has 1 heterocycles. The Morgan fingerprint density at radius 3 is 2.69 bits per heavy atom. The van der Waals surface area contributed by atoms with Crippen LogP contribution in [0.4, 0.5) is 0 Å². The van der Waals surface area contributed by atoms with Gasteiger partial charge in [0, 0.05) is 17.6 Å². The molecule has 1 N–H and O–H groups in total. The number of rotatable bonds is 6. The van der Waals surface area contributed by atoms with Crippen LogP contribution >= 0.6 is 0 Å². The lowest BCUT2D eigenvalue weighted by atomic mass is 10.1. The smallest absolute Gasteiger partial charge is 0.304 e. The summed E-state index contributed by atoms with van der Waals surface area (Å²) < 4.78 is 5.05. The molecule has 0 saturated heterocycles. The Labute approximate surface area is 95.9 Å². The van der Waals surface area contributed by atoms with Crippen molar-refractivity contribution < 1.29 is 14.3 Å². The van der Waals surface area contributed by atoms with Crippen molar-refractivity contribution in [2.45, 2.75) is 39.3 Å². The fraction of sp³-hybridized carbons (Fsp3) is 0.583. The second-order valence-electron chi connectivity index (χ2n) is 4.01. The minimum atomic E-state index is -0.759. The van der Waals surface area contributed by atoms with Gasteiger partial charge in [0.2, 0.25) is 0 Å². The van der Waals surface area contributed by atoms with Gasteiger partial charge in [0.1, 0.15) is 0 Å². The highest BCUT2D eigenvalue weighted by Crippen LogP contribution is 2.23. The molecule has 4 nitrogen and oxygen atoms in total. The molecule has 0 aliphatic heterocycles. The largest absolute Gasteiger partial charge is 0.481 e. The van der Waals surface area contributed by atoms with Gasteiger partial charge in [0.15, 0.2) is 0 Å². The van der Waals surface area contributed by atoms with Crippen LogP contribution < -0.4 is 0 Å². The second kappa shape index (κ2) is 5.70. The Bertz CT molecular complexity index is 321. The summed E-state index contributed by atoms with van der Waals surface area (Å²) in [5, 5.41) is 8.80. The molecule has 4 heteroatoms. The van der Waals surface area contributed by atoms with Gasteiger partial charge in [-0.3, -0.25) is 9.69 Å². The monoisotopic (exact) mass is 225 g/mol. The number of carboxylic acid groups (broad SMARTS) is 1. The van der Waals surface area contributed by atoms with Gasteiger partial charge in [-0.1, -0.05) is 6.92 Å². The van der Waals surface area contributed by atoms with Crippen LogP contribution in [0.5, 0.6) is 0 Å². The molecule has 2 atom stereocenters. The molecule has 1 aromatic heterocycles. The Morgan fingerprint density at radius 1 is 1.56 bits per heavy atom. The van der Waals surface area contributed by atoms with E-state index in [1.54, 1.807) is 12.5 Å². The van der Waals surface area contributed by atoms with Crippen LogP contribution in [0.25, 0.3) is 0 Å². The number of nitrogens with zero attached hydrogens (tertiary/aromatic N) is 1. The number of aliphatic carboxylic acids is 1. The molecule has 0 saturated carbocycles. The van der Waals surface area contributed by atoms with E-state index in [1.807, 2.05) is 19.9 Å². The number of carbonyl (C=O) groups is 1. The van der Waals surface area contributed by atoms with Crippen LogP contribution in [0.3, 0.4) is 0 Å². The predicted molar refractivity (Wildman–Crippen MR) is 61.2 cm³/mol. The minimum Gasteiger partial charge on any atom is -0.481 e.